The summed E-state index contributed by atoms with van der Waals surface area (Å²) in [5.74, 6) is 0.467. The highest BCUT2D eigenvalue weighted by Crippen LogP contribution is 2.31. The van der Waals surface area contributed by atoms with Crippen molar-refractivity contribution in [2.75, 3.05) is 12.4 Å². The Morgan fingerprint density at radius 1 is 1.24 bits per heavy atom. The molecule has 0 heterocycles. The van der Waals surface area contributed by atoms with Crippen molar-refractivity contribution in [1.29, 1.82) is 0 Å². The molecule has 6 heteroatoms. The van der Waals surface area contributed by atoms with Crippen LogP contribution >= 0.6 is 22.6 Å². The Bertz CT molecular complexity index is 644. The number of nitro benzene ring substituents is 1. The molecule has 0 aliphatic rings. The van der Waals surface area contributed by atoms with Crippen molar-refractivity contribution >= 4 is 34.0 Å². The number of rotatable bonds is 5. The van der Waals surface area contributed by atoms with Crippen LogP contribution in [0.2, 0.25) is 0 Å². The fourth-order valence-corrected chi connectivity index (χ4v) is 2.34. The number of halogens is 1. The van der Waals surface area contributed by atoms with E-state index >= 15 is 0 Å². The Labute approximate surface area is 136 Å². The van der Waals surface area contributed by atoms with Crippen LogP contribution in [0.15, 0.2) is 42.5 Å². The lowest BCUT2D eigenvalue weighted by Gasteiger charge is -2.16. The standard InChI is InChI=1S/C15H15IN2O3/c1-10(11-3-5-12(16)6-4-11)17-14-8-7-13(21-2)9-15(14)18(19)20/h3-10,17H,1-2H3. The number of benzene rings is 2. The van der Waals surface area contributed by atoms with E-state index in [4.69, 9.17) is 4.74 Å². The maximum atomic E-state index is 11.2. The Hall–Kier alpha value is -1.83. The molecule has 0 radical (unpaired) electrons. The summed E-state index contributed by atoms with van der Waals surface area (Å²) >= 11 is 2.24. The second-order valence-electron chi connectivity index (χ2n) is 4.56. The van der Waals surface area contributed by atoms with E-state index in [2.05, 4.69) is 27.9 Å². The number of anilines is 1. The van der Waals surface area contributed by atoms with Gasteiger partial charge in [-0.05, 0) is 59.3 Å². The molecule has 1 N–H and O–H groups in total. The molecule has 0 aliphatic heterocycles. The second-order valence-corrected chi connectivity index (χ2v) is 5.80. The van der Waals surface area contributed by atoms with Crippen molar-refractivity contribution in [3.8, 4) is 5.75 Å². The lowest BCUT2D eigenvalue weighted by Crippen LogP contribution is -2.08. The summed E-state index contributed by atoms with van der Waals surface area (Å²) in [5, 5.41) is 14.3. The van der Waals surface area contributed by atoms with Crippen molar-refractivity contribution < 1.29 is 9.66 Å². The number of ether oxygens (including phenoxy) is 1. The Morgan fingerprint density at radius 2 is 1.90 bits per heavy atom. The molecule has 2 aromatic carbocycles. The lowest BCUT2D eigenvalue weighted by molar-refractivity contribution is -0.384. The maximum absolute atomic E-state index is 11.2. The molecule has 0 spiro atoms. The molecule has 2 rings (SSSR count). The molecule has 1 unspecified atom stereocenters. The van der Waals surface area contributed by atoms with Crippen molar-refractivity contribution in [3.63, 3.8) is 0 Å². The van der Waals surface area contributed by atoms with E-state index < -0.39 is 4.92 Å². The van der Waals surface area contributed by atoms with Crippen molar-refractivity contribution in [3.05, 3.63) is 61.7 Å². The van der Waals surface area contributed by atoms with E-state index in [-0.39, 0.29) is 11.7 Å². The van der Waals surface area contributed by atoms with Gasteiger partial charge in [-0.25, -0.2) is 0 Å². The van der Waals surface area contributed by atoms with Crippen LogP contribution in [-0.2, 0) is 0 Å². The first kappa shape index (κ1) is 15.6. The molecule has 0 amide bonds. The molecule has 2 aromatic rings. The summed E-state index contributed by atoms with van der Waals surface area (Å²) in [7, 11) is 1.49. The van der Waals surface area contributed by atoms with Gasteiger partial charge in [-0.2, -0.15) is 0 Å². The van der Waals surface area contributed by atoms with Gasteiger partial charge in [0.1, 0.15) is 11.4 Å². The normalized spacial score (nSPS) is 11.8. The summed E-state index contributed by atoms with van der Waals surface area (Å²) in [4.78, 5) is 10.8. The minimum absolute atomic E-state index is 0.00621. The van der Waals surface area contributed by atoms with Gasteiger partial charge in [0.05, 0.1) is 18.1 Å². The van der Waals surface area contributed by atoms with Crippen LogP contribution in [0, 0.1) is 13.7 Å². The predicted molar refractivity (Wildman–Crippen MR) is 90.8 cm³/mol. The molecule has 0 saturated heterocycles. The van der Waals surface area contributed by atoms with Crippen LogP contribution in [0.1, 0.15) is 18.5 Å². The Kier molecular flexibility index (Phi) is 5.00. The van der Waals surface area contributed by atoms with Crippen LogP contribution in [0.5, 0.6) is 5.75 Å². The fraction of sp³-hybridized carbons (Fsp3) is 0.200. The minimum atomic E-state index is -0.411. The van der Waals surface area contributed by atoms with E-state index in [1.54, 1.807) is 12.1 Å². The fourth-order valence-electron chi connectivity index (χ4n) is 1.98. The van der Waals surface area contributed by atoms with Crippen LogP contribution in [0.25, 0.3) is 0 Å². The molecular weight excluding hydrogens is 383 g/mol. The zero-order valence-corrected chi connectivity index (χ0v) is 13.8. The van der Waals surface area contributed by atoms with Crippen LogP contribution in [-0.4, -0.2) is 12.0 Å². The lowest BCUT2D eigenvalue weighted by atomic mass is 10.1. The topological polar surface area (TPSA) is 64.4 Å². The Balaban J connectivity index is 2.26. The van der Waals surface area contributed by atoms with Gasteiger partial charge in [-0.3, -0.25) is 10.1 Å². The Morgan fingerprint density at radius 3 is 2.48 bits per heavy atom. The third-order valence-corrected chi connectivity index (χ3v) is 3.86. The van der Waals surface area contributed by atoms with E-state index in [0.717, 1.165) is 9.13 Å². The van der Waals surface area contributed by atoms with Gasteiger partial charge in [0.25, 0.3) is 5.69 Å². The molecule has 1 atom stereocenters. The first-order chi connectivity index (χ1) is 10.0. The zero-order chi connectivity index (χ0) is 15.4. The highest BCUT2D eigenvalue weighted by Gasteiger charge is 2.17. The zero-order valence-electron chi connectivity index (χ0n) is 11.7. The number of nitrogens with zero attached hydrogens (tertiary/aromatic N) is 1. The average Bonchev–Trinajstić information content (AvgIpc) is 2.48. The van der Waals surface area contributed by atoms with Gasteiger partial charge in [0, 0.05) is 9.61 Å². The molecule has 21 heavy (non-hydrogen) atoms. The van der Waals surface area contributed by atoms with E-state index in [1.807, 2.05) is 31.2 Å². The monoisotopic (exact) mass is 398 g/mol. The van der Waals surface area contributed by atoms with Crippen molar-refractivity contribution in [1.82, 2.24) is 0 Å². The van der Waals surface area contributed by atoms with E-state index in [0.29, 0.717) is 11.4 Å². The van der Waals surface area contributed by atoms with Gasteiger partial charge < -0.3 is 10.1 Å². The number of nitrogens with one attached hydrogen (secondary N) is 1. The van der Waals surface area contributed by atoms with Crippen molar-refractivity contribution in [2.45, 2.75) is 13.0 Å². The highest BCUT2D eigenvalue weighted by atomic mass is 127. The van der Waals surface area contributed by atoms with Gasteiger partial charge in [-0.15, -0.1) is 0 Å². The first-order valence-electron chi connectivity index (χ1n) is 6.35. The minimum Gasteiger partial charge on any atom is -0.496 e. The molecule has 5 nitrogen and oxygen atoms in total. The molecule has 0 aliphatic carbocycles. The average molecular weight is 398 g/mol. The number of hydrogen-bond donors (Lipinski definition) is 1. The smallest absolute Gasteiger partial charge is 0.296 e. The molecule has 110 valence electrons. The quantitative estimate of drug-likeness (QED) is 0.461. The predicted octanol–water partition coefficient (Wildman–Crippen LogP) is 4.38. The van der Waals surface area contributed by atoms with Crippen molar-refractivity contribution in [2.24, 2.45) is 0 Å². The summed E-state index contributed by atoms with van der Waals surface area (Å²) < 4.78 is 6.18. The highest BCUT2D eigenvalue weighted by molar-refractivity contribution is 14.1. The molecule has 0 aromatic heterocycles. The van der Waals surface area contributed by atoms with Crippen LogP contribution in [0.4, 0.5) is 11.4 Å². The molecule has 0 fully saturated rings. The summed E-state index contributed by atoms with van der Waals surface area (Å²) in [5.41, 5.74) is 1.55. The van der Waals surface area contributed by atoms with Crippen LogP contribution < -0.4 is 10.1 Å². The molecule has 0 saturated carbocycles. The van der Waals surface area contributed by atoms with Gasteiger partial charge in [0.2, 0.25) is 0 Å². The summed E-state index contributed by atoms with van der Waals surface area (Å²) in [6, 6.07) is 12.8. The third-order valence-electron chi connectivity index (χ3n) is 3.14. The maximum Gasteiger partial charge on any atom is 0.296 e. The van der Waals surface area contributed by atoms with Gasteiger partial charge in [-0.1, -0.05) is 12.1 Å². The third kappa shape index (κ3) is 3.84. The largest absolute Gasteiger partial charge is 0.496 e. The number of hydrogen-bond acceptors (Lipinski definition) is 4. The van der Waals surface area contributed by atoms with E-state index in [1.165, 1.54) is 13.2 Å². The summed E-state index contributed by atoms with van der Waals surface area (Å²) in [6.07, 6.45) is 0. The molecular formula is C15H15IN2O3. The number of nitro groups is 1. The second kappa shape index (κ2) is 6.75. The van der Waals surface area contributed by atoms with Gasteiger partial charge in [0.15, 0.2) is 0 Å². The van der Waals surface area contributed by atoms with Crippen LogP contribution in [0.3, 0.4) is 0 Å². The molecule has 0 bridgehead atoms. The van der Waals surface area contributed by atoms with Gasteiger partial charge >= 0.3 is 0 Å². The SMILES string of the molecule is COc1ccc(NC(C)c2ccc(I)cc2)c([N+](=O)[O-])c1. The first-order valence-corrected chi connectivity index (χ1v) is 7.43. The van der Waals surface area contributed by atoms with E-state index in [9.17, 15) is 10.1 Å². The number of methoxy groups -OCH3 is 1. The summed E-state index contributed by atoms with van der Waals surface area (Å²) in [6.45, 7) is 1.97.